The van der Waals surface area contributed by atoms with E-state index in [-0.39, 0.29) is 16.9 Å². The number of rotatable bonds is 6. The van der Waals surface area contributed by atoms with E-state index in [1.807, 2.05) is 24.3 Å². The zero-order valence-corrected chi connectivity index (χ0v) is 28.6. The van der Waals surface area contributed by atoms with Crippen molar-refractivity contribution in [3.63, 3.8) is 0 Å². The first-order valence-electron chi connectivity index (χ1n) is 17.9. The lowest BCUT2D eigenvalue weighted by Gasteiger charge is -2.56. The molecule has 4 bridgehead atoms. The van der Waals surface area contributed by atoms with Gasteiger partial charge in [-0.15, -0.1) is 12.8 Å². The lowest BCUT2D eigenvalue weighted by Crippen LogP contribution is -2.60. The standard InChI is InChI=1S/C24H32N2O.C16H23NO.C2H2/c1-18-17-26(12-6-9-19-7-3-2-4-8-19)22-14-21(25)15-24(18,16-22)20-10-5-11-23(27)13-20;1-11-5-6-12-7-14(17)10-16(11,9-12)13-3-2-4-15(18)8-13;1-2/h2-5,7-8,10-11,13,18,21-22,27H,6,9,12,14-17,25H2,1H3;2-4,8,11-12,14,18H,5-7,9-10,17H2,1H3;1-2H/t18-,21?,22?,24?;11?,12?,14-,16?;/m10./s1. The fourth-order valence-electron chi connectivity index (χ4n) is 9.97. The fraction of sp³-hybridized carbons (Fsp3) is 0.524. The summed E-state index contributed by atoms with van der Waals surface area (Å²) >= 11 is 0. The third kappa shape index (κ3) is 7.72. The summed E-state index contributed by atoms with van der Waals surface area (Å²) in [6.45, 7) is 7.01. The van der Waals surface area contributed by atoms with Gasteiger partial charge in [-0.25, -0.2) is 0 Å². The van der Waals surface area contributed by atoms with Crippen molar-refractivity contribution in [3.8, 4) is 24.3 Å². The Hall–Kier alpha value is -3.30. The maximum absolute atomic E-state index is 10.0. The van der Waals surface area contributed by atoms with Gasteiger partial charge in [-0.05, 0) is 128 Å². The second-order valence-corrected chi connectivity index (χ2v) is 15.2. The van der Waals surface area contributed by atoms with Crippen LogP contribution in [0.15, 0.2) is 78.9 Å². The Kier molecular flexibility index (Phi) is 11.4. The fourth-order valence-corrected chi connectivity index (χ4v) is 9.97. The van der Waals surface area contributed by atoms with Crippen LogP contribution >= 0.6 is 0 Å². The van der Waals surface area contributed by atoms with Gasteiger partial charge in [0.1, 0.15) is 11.5 Å². The number of fused-ring (bicyclic) bond motifs is 4. The zero-order chi connectivity index (χ0) is 33.6. The second kappa shape index (κ2) is 15.3. The molecule has 252 valence electrons. The van der Waals surface area contributed by atoms with E-state index in [9.17, 15) is 10.2 Å². The topological polar surface area (TPSA) is 95.7 Å². The summed E-state index contributed by atoms with van der Waals surface area (Å²) in [6.07, 6.45) is 19.8. The number of phenolic OH excluding ortho intramolecular Hbond substituents is 2. The van der Waals surface area contributed by atoms with Crippen LogP contribution in [0.1, 0.15) is 88.3 Å². The molecule has 4 aliphatic rings. The van der Waals surface area contributed by atoms with Gasteiger partial charge >= 0.3 is 0 Å². The Morgan fingerprint density at radius 1 is 0.723 bits per heavy atom. The summed E-state index contributed by atoms with van der Waals surface area (Å²) in [5.74, 6) is 2.75. The van der Waals surface area contributed by atoms with Gasteiger partial charge in [-0.3, -0.25) is 4.90 Å². The number of hydrogen-bond donors (Lipinski definition) is 4. The number of nitrogens with two attached hydrogens (primary N) is 2. The Labute approximate surface area is 283 Å². The highest BCUT2D eigenvalue weighted by Crippen LogP contribution is 2.53. The molecule has 0 amide bonds. The molecule has 0 spiro atoms. The van der Waals surface area contributed by atoms with Crippen LogP contribution in [-0.4, -0.2) is 46.3 Å². The predicted molar refractivity (Wildman–Crippen MR) is 194 cm³/mol. The van der Waals surface area contributed by atoms with Gasteiger partial charge < -0.3 is 21.7 Å². The number of phenols is 2. The molecule has 3 aliphatic carbocycles. The van der Waals surface area contributed by atoms with E-state index in [0.717, 1.165) is 51.1 Å². The number of nitrogens with zero attached hydrogens (tertiary/aromatic N) is 1. The molecule has 1 heterocycles. The summed E-state index contributed by atoms with van der Waals surface area (Å²) < 4.78 is 0. The molecule has 6 N–H and O–H groups in total. The smallest absolute Gasteiger partial charge is 0.115 e. The summed E-state index contributed by atoms with van der Waals surface area (Å²) in [4.78, 5) is 2.69. The molecule has 3 aromatic rings. The maximum atomic E-state index is 10.0. The molecular weight excluding hydrogens is 578 g/mol. The minimum atomic E-state index is 0.108. The average Bonchev–Trinajstić information content (AvgIpc) is 3.07. The number of likely N-dealkylation sites (tertiary alicyclic amines) is 1. The molecule has 47 heavy (non-hydrogen) atoms. The molecule has 3 saturated carbocycles. The molecular formula is C42H57N3O2. The van der Waals surface area contributed by atoms with Crippen LogP contribution < -0.4 is 11.5 Å². The predicted octanol–water partition coefficient (Wildman–Crippen LogP) is 7.53. The van der Waals surface area contributed by atoms with Crippen LogP contribution in [0.25, 0.3) is 0 Å². The Morgan fingerprint density at radius 2 is 1.32 bits per heavy atom. The highest BCUT2D eigenvalue weighted by molar-refractivity contribution is 5.37. The third-order valence-corrected chi connectivity index (χ3v) is 12.2. The second-order valence-electron chi connectivity index (χ2n) is 15.2. The minimum absolute atomic E-state index is 0.108. The summed E-state index contributed by atoms with van der Waals surface area (Å²) in [7, 11) is 0. The van der Waals surface area contributed by atoms with Gasteiger partial charge in [0.15, 0.2) is 0 Å². The molecule has 5 heteroatoms. The van der Waals surface area contributed by atoms with Crippen molar-refractivity contribution < 1.29 is 10.2 Å². The largest absolute Gasteiger partial charge is 0.508 e. The van der Waals surface area contributed by atoms with Crippen molar-refractivity contribution in [2.45, 2.75) is 107 Å². The number of aromatic hydroxyl groups is 2. The van der Waals surface area contributed by atoms with E-state index < -0.39 is 0 Å². The van der Waals surface area contributed by atoms with Crippen molar-refractivity contribution >= 4 is 0 Å². The summed E-state index contributed by atoms with van der Waals surface area (Å²) in [5, 5.41) is 19.8. The van der Waals surface area contributed by atoms with Gasteiger partial charge in [-0.2, -0.15) is 0 Å². The molecule has 5 nitrogen and oxygen atoms in total. The van der Waals surface area contributed by atoms with Crippen LogP contribution in [0.4, 0.5) is 0 Å². The molecule has 1 saturated heterocycles. The van der Waals surface area contributed by atoms with Crippen LogP contribution in [0.3, 0.4) is 0 Å². The highest BCUT2D eigenvalue weighted by Gasteiger charge is 2.50. The Balaban J connectivity index is 0.000000188. The molecule has 0 radical (unpaired) electrons. The molecule has 1 aliphatic heterocycles. The van der Waals surface area contributed by atoms with Gasteiger partial charge in [0.05, 0.1) is 0 Å². The number of benzene rings is 3. The minimum Gasteiger partial charge on any atom is -0.508 e. The van der Waals surface area contributed by atoms with Crippen LogP contribution in [0, 0.1) is 30.6 Å². The molecule has 7 rings (SSSR count). The van der Waals surface area contributed by atoms with Crippen LogP contribution in [0.2, 0.25) is 0 Å². The van der Waals surface area contributed by atoms with Gasteiger partial charge in [0, 0.05) is 30.1 Å². The van der Waals surface area contributed by atoms with Gasteiger partial charge in [-0.1, -0.05) is 74.9 Å². The molecule has 3 aromatic carbocycles. The van der Waals surface area contributed by atoms with E-state index in [1.165, 1.54) is 48.8 Å². The van der Waals surface area contributed by atoms with Crippen LogP contribution in [-0.2, 0) is 17.3 Å². The zero-order valence-electron chi connectivity index (χ0n) is 28.6. The first-order valence-corrected chi connectivity index (χ1v) is 17.9. The lowest BCUT2D eigenvalue weighted by atomic mass is 9.54. The van der Waals surface area contributed by atoms with E-state index in [1.54, 1.807) is 12.1 Å². The van der Waals surface area contributed by atoms with Gasteiger partial charge in [0.2, 0.25) is 0 Å². The lowest BCUT2D eigenvalue weighted by molar-refractivity contribution is 0.00191. The SMILES string of the molecule is C#C.CC1CCC2C[C@H](N)CC1(c1cccc(O)c1)C2.C[C@@H]1CN(CCCc2ccccc2)C2CC(N)CC1(c1cccc(O)c1)C2. The van der Waals surface area contributed by atoms with E-state index in [2.05, 4.69) is 74.1 Å². The average molecular weight is 636 g/mol. The van der Waals surface area contributed by atoms with Crippen LogP contribution in [0.5, 0.6) is 11.5 Å². The maximum Gasteiger partial charge on any atom is 0.115 e. The highest BCUT2D eigenvalue weighted by atomic mass is 16.3. The first kappa shape index (κ1) is 35.0. The third-order valence-electron chi connectivity index (χ3n) is 12.2. The van der Waals surface area contributed by atoms with E-state index in [4.69, 9.17) is 11.5 Å². The van der Waals surface area contributed by atoms with Crippen molar-refractivity contribution in [3.05, 3.63) is 95.6 Å². The summed E-state index contributed by atoms with van der Waals surface area (Å²) in [6, 6.07) is 27.7. The Morgan fingerprint density at radius 3 is 1.94 bits per heavy atom. The summed E-state index contributed by atoms with van der Waals surface area (Å²) in [5.41, 5.74) is 17.1. The molecule has 4 fully saturated rings. The number of aryl methyl sites for hydroxylation is 1. The molecule has 6 unspecified atom stereocenters. The quantitative estimate of drug-likeness (QED) is 0.210. The molecule has 8 atom stereocenters. The van der Waals surface area contributed by atoms with Crippen molar-refractivity contribution in [1.29, 1.82) is 0 Å². The van der Waals surface area contributed by atoms with E-state index >= 15 is 0 Å². The number of terminal acetylenes is 1. The normalized spacial score (nSPS) is 33.0. The monoisotopic (exact) mass is 635 g/mol. The van der Waals surface area contributed by atoms with E-state index in [0.29, 0.717) is 35.4 Å². The number of hydrogen-bond acceptors (Lipinski definition) is 5. The van der Waals surface area contributed by atoms with Crippen molar-refractivity contribution in [1.82, 2.24) is 4.90 Å². The van der Waals surface area contributed by atoms with Crippen molar-refractivity contribution in [2.75, 3.05) is 13.1 Å². The Bertz CT molecular complexity index is 1450. The number of piperidine rings is 1. The van der Waals surface area contributed by atoms with Gasteiger partial charge in [0.25, 0.3) is 0 Å². The molecule has 0 aromatic heterocycles. The van der Waals surface area contributed by atoms with Crippen molar-refractivity contribution in [2.24, 2.45) is 29.2 Å². The first-order chi connectivity index (χ1) is 22.7.